The van der Waals surface area contributed by atoms with Gasteiger partial charge in [-0.2, -0.15) is 0 Å². The predicted molar refractivity (Wildman–Crippen MR) is 100 cm³/mol. The van der Waals surface area contributed by atoms with E-state index in [0.717, 1.165) is 22.9 Å². The molecule has 3 aromatic rings. The van der Waals surface area contributed by atoms with E-state index < -0.39 is 0 Å². The highest BCUT2D eigenvalue weighted by Crippen LogP contribution is 2.28. The van der Waals surface area contributed by atoms with Gasteiger partial charge < -0.3 is 4.90 Å². The fraction of sp³-hybridized carbons (Fsp3) is 0.273. The number of fused-ring (bicyclic) bond motifs is 1. The van der Waals surface area contributed by atoms with E-state index in [0.29, 0.717) is 18.2 Å². The first kappa shape index (κ1) is 15.8. The van der Waals surface area contributed by atoms with Crippen molar-refractivity contribution >= 4 is 16.7 Å². The normalized spacial score (nSPS) is 14.2. The second-order valence-corrected chi connectivity index (χ2v) is 6.85. The van der Waals surface area contributed by atoms with Crippen LogP contribution in [0.4, 0.5) is 0 Å². The molecule has 0 N–H and O–H groups in total. The molecule has 1 heterocycles. The molecule has 0 atom stereocenters. The van der Waals surface area contributed by atoms with Gasteiger partial charge in [-0.05, 0) is 35.8 Å². The Labute approximate surface area is 148 Å². The minimum Gasteiger partial charge on any atom is -0.333 e. The highest BCUT2D eigenvalue weighted by atomic mass is 16.2. The lowest BCUT2D eigenvalue weighted by Gasteiger charge is -2.32. The maximum atomic E-state index is 13.3. The molecule has 3 nitrogen and oxygen atoms in total. The molecule has 1 aliphatic carbocycles. The standard InChI is InChI=1S/C22H22N2O/c25-22(21-20-12-5-4-11-19(20)13-14-23-21)24(16-18-9-6-10-18)15-17-7-2-1-3-8-17/h1-5,7-8,11-14,18H,6,9-10,15-16H2. The molecule has 0 spiro atoms. The maximum Gasteiger partial charge on any atom is 0.273 e. The van der Waals surface area contributed by atoms with Gasteiger partial charge in [0.05, 0.1) is 0 Å². The van der Waals surface area contributed by atoms with Gasteiger partial charge >= 0.3 is 0 Å². The Kier molecular flexibility index (Phi) is 4.47. The highest BCUT2D eigenvalue weighted by molar-refractivity contribution is 6.05. The Balaban J connectivity index is 1.66. The fourth-order valence-electron chi connectivity index (χ4n) is 3.45. The number of aromatic nitrogens is 1. The van der Waals surface area contributed by atoms with Crippen molar-refractivity contribution in [1.29, 1.82) is 0 Å². The average molecular weight is 330 g/mol. The molecule has 1 fully saturated rings. The van der Waals surface area contributed by atoms with Crippen LogP contribution >= 0.6 is 0 Å². The quantitative estimate of drug-likeness (QED) is 0.680. The molecule has 0 saturated heterocycles. The Bertz CT molecular complexity index is 866. The van der Waals surface area contributed by atoms with Crippen molar-refractivity contribution in [1.82, 2.24) is 9.88 Å². The van der Waals surface area contributed by atoms with Gasteiger partial charge in [0.1, 0.15) is 5.69 Å². The molecule has 0 aliphatic heterocycles. The third-order valence-electron chi connectivity index (χ3n) is 5.08. The summed E-state index contributed by atoms with van der Waals surface area (Å²) in [6.07, 6.45) is 5.47. The van der Waals surface area contributed by atoms with Crippen molar-refractivity contribution in [2.75, 3.05) is 6.54 Å². The Morgan fingerprint density at radius 2 is 1.76 bits per heavy atom. The zero-order chi connectivity index (χ0) is 17.1. The van der Waals surface area contributed by atoms with Crippen LogP contribution < -0.4 is 0 Å². The number of pyridine rings is 1. The number of benzene rings is 2. The van der Waals surface area contributed by atoms with Crippen molar-refractivity contribution in [2.24, 2.45) is 5.92 Å². The molecule has 2 aromatic carbocycles. The van der Waals surface area contributed by atoms with Crippen LogP contribution in [-0.4, -0.2) is 22.3 Å². The van der Waals surface area contributed by atoms with E-state index in [9.17, 15) is 4.79 Å². The Morgan fingerprint density at radius 1 is 1.00 bits per heavy atom. The molecule has 25 heavy (non-hydrogen) atoms. The van der Waals surface area contributed by atoms with Gasteiger partial charge in [0, 0.05) is 24.7 Å². The zero-order valence-corrected chi connectivity index (χ0v) is 14.3. The van der Waals surface area contributed by atoms with E-state index >= 15 is 0 Å². The van der Waals surface area contributed by atoms with E-state index in [-0.39, 0.29) is 5.91 Å². The molecule has 1 aliphatic rings. The lowest BCUT2D eigenvalue weighted by Crippen LogP contribution is -2.37. The van der Waals surface area contributed by atoms with E-state index in [1.807, 2.05) is 53.4 Å². The number of hydrogen-bond donors (Lipinski definition) is 0. The second-order valence-electron chi connectivity index (χ2n) is 6.85. The zero-order valence-electron chi connectivity index (χ0n) is 14.3. The van der Waals surface area contributed by atoms with Crippen molar-refractivity contribution in [3.63, 3.8) is 0 Å². The number of carbonyl (C=O) groups excluding carboxylic acids is 1. The summed E-state index contributed by atoms with van der Waals surface area (Å²) >= 11 is 0. The van der Waals surface area contributed by atoms with Gasteiger partial charge in [0.25, 0.3) is 5.91 Å². The topological polar surface area (TPSA) is 33.2 Å². The third kappa shape index (κ3) is 3.41. The Morgan fingerprint density at radius 3 is 2.52 bits per heavy atom. The van der Waals surface area contributed by atoms with Crippen molar-refractivity contribution < 1.29 is 4.79 Å². The molecule has 0 radical (unpaired) electrons. The summed E-state index contributed by atoms with van der Waals surface area (Å²) in [7, 11) is 0. The smallest absolute Gasteiger partial charge is 0.273 e. The van der Waals surface area contributed by atoms with Crippen LogP contribution in [0.15, 0.2) is 66.9 Å². The molecule has 0 unspecified atom stereocenters. The molecule has 4 rings (SSSR count). The molecule has 1 aromatic heterocycles. The molecule has 3 heteroatoms. The summed E-state index contributed by atoms with van der Waals surface area (Å²) in [6.45, 7) is 1.46. The predicted octanol–water partition coefficient (Wildman–Crippen LogP) is 4.68. The summed E-state index contributed by atoms with van der Waals surface area (Å²) in [5.41, 5.74) is 1.73. The van der Waals surface area contributed by atoms with Crippen LogP contribution in [0.1, 0.15) is 35.3 Å². The summed E-state index contributed by atoms with van der Waals surface area (Å²) in [5.74, 6) is 0.662. The van der Waals surface area contributed by atoms with Crippen LogP contribution in [0.5, 0.6) is 0 Å². The maximum absolute atomic E-state index is 13.3. The lowest BCUT2D eigenvalue weighted by molar-refractivity contribution is 0.0676. The molecule has 1 saturated carbocycles. The van der Waals surface area contributed by atoms with E-state index in [1.165, 1.54) is 19.3 Å². The van der Waals surface area contributed by atoms with Gasteiger partial charge in [-0.3, -0.25) is 9.78 Å². The van der Waals surface area contributed by atoms with Crippen molar-refractivity contribution in [2.45, 2.75) is 25.8 Å². The minimum atomic E-state index is 0.0348. The van der Waals surface area contributed by atoms with E-state index in [1.54, 1.807) is 6.20 Å². The van der Waals surface area contributed by atoms with Crippen LogP contribution in [0, 0.1) is 5.92 Å². The van der Waals surface area contributed by atoms with Crippen LogP contribution in [0.25, 0.3) is 10.8 Å². The number of nitrogens with zero attached hydrogens (tertiary/aromatic N) is 2. The van der Waals surface area contributed by atoms with Crippen LogP contribution in [0.2, 0.25) is 0 Å². The third-order valence-corrected chi connectivity index (χ3v) is 5.08. The van der Waals surface area contributed by atoms with E-state index in [4.69, 9.17) is 0 Å². The summed E-state index contributed by atoms with van der Waals surface area (Å²) < 4.78 is 0. The number of rotatable bonds is 5. The monoisotopic (exact) mass is 330 g/mol. The summed E-state index contributed by atoms with van der Waals surface area (Å²) in [5, 5.41) is 1.99. The van der Waals surface area contributed by atoms with Gasteiger partial charge in [-0.15, -0.1) is 0 Å². The second kappa shape index (κ2) is 7.06. The first-order valence-electron chi connectivity index (χ1n) is 8.98. The van der Waals surface area contributed by atoms with Gasteiger partial charge in [-0.25, -0.2) is 0 Å². The number of carbonyl (C=O) groups is 1. The lowest BCUT2D eigenvalue weighted by atomic mass is 9.85. The first-order chi connectivity index (χ1) is 12.3. The fourth-order valence-corrected chi connectivity index (χ4v) is 3.45. The summed E-state index contributed by atoms with van der Waals surface area (Å²) in [6, 6.07) is 20.2. The van der Waals surface area contributed by atoms with Gasteiger partial charge in [-0.1, -0.05) is 61.0 Å². The molecular formula is C22H22N2O. The SMILES string of the molecule is O=C(c1nccc2ccccc12)N(Cc1ccccc1)CC1CCC1. The number of amides is 1. The van der Waals surface area contributed by atoms with Gasteiger partial charge in [0.15, 0.2) is 0 Å². The minimum absolute atomic E-state index is 0.0348. The van der Waals surface area contributed by atoms with Crippen molar-refractivity contribution in [3.05, 3.63) is 78.1 Å². The Hall–Kier alpha value is -2.68. The number of hydrogen-bond acceptors (Lipinski definition) is 2. The van der Waals surface area contributed by atoms with Crippen LogP contribution in [0.3, 0.4) is 0 Å². The first-order valence-corrected chi connectivity index (χ1v) is 8.98. The summed E-state index contributed by atoms with van der Waals surface area (Å²) in [4.78, 5) is 19.7. The molecular weight excluding hydrogens is 308 g/mol. The largest absolute Gasteiger partial charge is 0.333 e. The highest BCUT2D eigenvalue weighted by Gasteiger charge is 2.26. The molecule has 1 amide bonds. The van der Waals surface area contributed by atoms with Gasteiger partial charge in [0.2, 0.25) is 0 Å². The molecule has 0 bridgehead atoms. The molecule has 126 valence electrons. The average Bonchev–Trinajstić information content (AvgIpc) is 2.63. The van der Waals surface area contributed by atoms with Crippen LogP contribution in [-0.2, 0) is 6.54 Å². The van der Waals surface area contributed by atoms with E-state index in [2.05, 4.69) is 17.1 Å². The van der Waals surface area contributed by atoms with Crippen molar-refractivity contribution in [3.8, 4) is 0 Å².